The topological polar surface area (TPSA) is 68.3 Å². The predicted octanol–water partition coefficient (Wildman–Crippen LogP) is 10.1. The summed E-state index contributed by atoms with van der Waals surface area (Å²) in [6.45, 7) is 14.0. The van der Waals surface area contributed by atoms with Gasteiger partial charge in [0, 0.05) is 30.7 Å². The van der Waals surface area contributed by atoms with Gasteiger partial charge in [-0.2, -0.15) is 0 Å². The fourth-order valence-electron chi connectivity index (χ4n) is 7.22. The molecule has 1 aliphatic rings. The average Bonchev–Trinajstić information content (AvgIpc) is 3.02. The van der Waals surface area contributed by atoms with E-state index < -0.39 is 0 Å². The van der Waals surface area contributed by atoms with Gasteiger partial charge in [0.25, 0.3) is 0 Å². The lowest BCUT2D eigenvalue weighted by Gasteiger charge is -2.32. The van der Waals surface area contributed by atoms with Gasteiger partial charge < -0.3 is 0 Å². The van der Waals surface area contributed by atoms with Crippen LogP contribution in [0.1, 0.15) is 125 Å². The summed E-state index contributed by atoms with van der Waals surface area (Å²) in [6, 6.07) is 20.7. The van der Waals surface area contributed by atoms with Crippen molar-refractivity contribution in [3.05, 3.63) is 94.0 Å². The summed E-state index contributed by atoms with van der Waals surface area (Å²) in [7, 11) is 0. The zero-order valence-electron chi connectivity index (χ0n) is 29.9. The molecule has 4 rings (SSSR count). The van der Waals surface area contributed by atoms with Gasteiger partial charge in [-0.05, 0) is 90.3 Å². The maximum Gasteiger partial charge on any atom is 0.163 e. The molecule has 0 heterocycles. The Labute approximate surface area is 283 Å². The van der Waals surface area contributed by atoms with E-state index >= 15 is 0 Å². The number of hydrogen-bond donors (Lipinski definition) is 0. The molecule has 0 bridgehead atoms. The van der Waals surface area contributed by atoms with Crippen molar-refractivity contribution in [2.24, 2.45) is 17.8 Å². The van der Waals surface area contributed by atoms with Gasteiger partial charge in [0.05, 0.1) is 6.42 Å². The lowest BCUT2D eigenvalue weighted by atomic mass is 9.71. The minimum absolute atomic E-state index is 0.00212. The number of benzene rings is 3. The molecule has 3 atom stereocenters. The van der Waals surface area contributed by atoms with Crippen LogP contribution in [-0.4, -0.2) is 23.1 Å². The maximum absolute atomic E-state index is 13.6. The van der Waals surface area contributed by atoms with Crippen molar-refractivity contribution in [2.75, 3.05) is 0 Å². The first-order valence-electron chi connectivity index (χ1n) is 17.9. The first-order valence-corrected chi connectivity index (χ1v) is 17.9. The zero-order chi connectivity index (χ0) is 34.5. The molecule has 0 aromatic heterocycles. The molecule has 4 nitrogen and oxygen atoms in total. The highest BCUT2D eigenvalue weighted by Crippen LogP contribution is 2.40. The Hall–Kier alpha value is -3.66. The number of fused-ring (bicyclic) bond motifs is 1. The molecule has 4 heteroatoms. The molecule has 0 fully saturated rings. The van der Waals surface area contributed by atoms with Crippen LogP contribution in [0.15, 0.2) is 60.7 Å². The maximum atomic E-state index is 13.6. The van der Waals surface area contributed by atoms with Crippen molar-refractivity contribution in [1.29, 1.82) is 0 Å². The van der Waals surface area contributed by atoms with Crippen LogP contribution in [-0.2, 0) is 40.1 Å². The van der Waals surface area contributed by atoms with Gasteiger partial charge in [-0.1, -0.05) is 115 Å². The number of rotatable bonds is 15. The largest absolute Gasteiger partial charge is 0.300 e. The molecule has 1 aliphatic carbocycles. The number of aryl methyl sites for hydroxylation is 2. The van der Waals surface area contributed by atoms with Crippen LogP contribution in [0.3, 0.4) is 0 Å². The van der Waals surface area contributed by atoms with Gasteiger partial charge in [0.1, 0.15) is 17.3 Å². The SMILES string of the molecule is CCC.CCCC(CC1CC(=O)c2c(C)ccc(-c3ccc(CC(=O)Cc4ccc(CC)cc4)cc3)c2C1)C(CC)C(=O)CC(C)=O. The Bertz CT molecular complexity index is 1500. The number of hydrogen-bond acceptors (Lipinski definition) is 4. The number of ketones is 4. The predicted molar refractivity (Wildman–Crippen MR) is 194 cm³/mol. The number of Topliss-reactive ketones (excluding diaryl/α,β-unsaturated/α-hetero) is 4. The van der Waals surface area contributed by atoms with E-state index in [0.29, 0.717) is 19.3 Å². The summed E-state index contributed by atoms with van der Waals surface area (Å²) in [4.78, 5) is 51.1. The second kappa shape index (κ2) is 18.6. The highest BCUT2D eigenvalue weighted by molar-refractivity contribution is 6.02. The average molecular weight is 637 g/mol. The van der Waals surface area contributed by atoms with Gasteiger partial charge in [-0.25, -0.2) is 0 Å². The Morgan fingerprint density at radius 1 is 0.787 bits per heavy atom. The molecule has 47 heavy (non-hydrogen) atoms. The molecule has 0 saturated heterocycles. The lowest BCUT2D eigenvalue weighted by Crippen LogP contribution is -2.30. The smallest absolute Gasteiger partial charge is 0.163 e. The van der Waals surface area contributed by atoms with Crippen molar-refractivity contribution in [3.63, 3.8) is 0 Å². The van der Waals surface area contributed by atoms with Gasteiger partial charge >= 0.3 is 0 Å². The minimum Gasteiger partial charge on any atom is -0.300 e. The number of carbonyl (C=O) groups is 4. The van der Waals surface area contributed by atoms with E-state index in [0.717, 1.165) is 77.5 Å². The molecule has 0 radical (unpaired) electrons. The van der Waals surface area contributed by atoms with E-state index in [-0.39, 0.29) is 47.3 Å². The Balaban J connectivity index is 0.00000192. The monoisotopic (exact) mass is 636 g/mol. The van der Waals surface area contributed by atoms with Crippen molar-refractivity contribution in [2.45, 2.75) is 119 Å². The van der Waals surface area contributed by atoms with Gasteiger partial charge in [-0.3, -0.25) is 19.2 Å². The Morgan fingerprint density at radius 2 is 1.36 bits per heavy atom. The number of carbonyl (C=O) groups excluding carboxylic acids is 4. The van der Waals surface area contributed by atoms with Crippen molar-refractivity contribution < 1.29 is 19.2 Å². The Kier molecular flexibility index (Phi) is 15.0. The van der Waals surface area contributed by atoms with Gasteiger partial charge in [0.15, 0.2) is 5.78 Å². The molecule has 3 aromatic carbocycles. The van der Waals surface area contributed by atoms with Crippen LogP contribution < -0.4 is 0 Å². The second-order valence-electron chi connectivity index (χ2n) is 13.6. The summed E-state index contributed by atoms with van der Waals surface area (Å²) in [6.07, 6.45) is 7.78. The molecule has 0 N–H and O–H groups in total. The van der Waals surface area contributed by atoms with Crippen LogP contribution in [0.25, 0.3) is 11.1 Å². The molecule has 252 valence electrons. The lowest BCUT2D eigenvalue weighted by molar-refractivity contribution is -0.130. The first-order chi connectivity index (χ1) is 22.5. The molecular weight excluding hydrogens is 580 g/mol. The molecular formula is C43H56O4. The van der Waals surface area contributed by atoms with Crippen LogP contribution in [0.5, 0.6) is 0 Å². The normalized spacial score (nSPS) is 15.2. The fourth-order valence-corrected chi connectivity index (χ4v) is 7.22. The quantitative estimate of drug-likeness (QED) is 0.156. The molecule has 0 aliphatic heterocycles. The summed E-state index contributed by atoms with van der Waals surface area (Å²) >= 11 is 0. The van der Waals surface area contributed by atoms with Crippen LogP contribution in [0.2, 0.25) is 0 Å². The minimum atomic E-state index is -0.140. The van der Waals surface area contributed by atoms with E-state index in [1.165, 1.54) is 18.9 Å². The van der Waals surface area contributed by atoms with Crippen molar-refractivity contribution in [3.8, 4) is 11.1 Å². The summed E-state index contributed by atoms with van der Waals surface area (Å²) in [5.74, 6) is 0.534. The third-order valence-corrected chi connectivity index (χ3v) is 9.41. The highest BCUT2D eigenvalue weighted by Gasteiger charge is 2.34. The standard InChI is InChI=1S/C40H48O4.C3H8/c1-6-9-33(35(8-3)38(43)20-27(5)41)21-31-24-37-36(19-10-26(4)40(37)39(44)25-31)32-17-15-30(16-18-32)23-34(42)22-29-13-11-28(7-2)12-14-29;1-3-2/h10-19,31,33,35H,6-9,20-25H2,1-5H3;3H2,1-2H3. The summed E-state index contributed by atoms with van der Waals surface area (Å²) < 4.78 is 0. The summed E-state index contributed by atoms with van der Waals surface area (Å²) in [5, 5.41) is 0. The van der Waals surface area contributed by atoms with E-state index in [1.807, 2.05) is 44.2 Å². The highest BCUT2D eigenvalue weighted by atomic mass is 16.1. The third kappa shape index (κ3) is 10.7. The molecule has 3 unspecified atom stereocenters. The second-order valence-corrected chi connectivity index (χ2v) is 13.6. The van der Waals surface area contributed by atoms with E-state index in [9.17, 15) is 19.2 Å². The van der Waals surface area contributed by atoms with Crippen molar-refractivity contribution >= 4 is 23.1 Å². The molecule has 0 amide bonds. The van der Waals surface area contributed by atoms with E-state index in [1.54, 1.807) is 0 Å². The zero-order valence-corrected chi connectivity index (χ0v) is 29.9. The van der Waals surface area contributed by atoms with Crippen molar-refractivity contribution in [1.82, 2.24) is 0 Å². The van der Waals surface area contributed by atoms with E-state index in [2.05, 4.69) is 58.0 Å². The summed E-state index contributed by atoms with van der Waals surface area (Å²) in [5.41, 5.74) is 8.38. The van der Waals surface area contributed by atoms with Gasteiger partial charge in [0.2, 0.25) is 0 Å². The molecule has 0 spiro atoms. The molecule has 0 saturated carbocycles. The van der Waals surface area contributed by atoms with Crippen LogP contribution in [0, 0.1) is 24.7 Å². The van der Waals surface area contributed by atoms with Crippen LogP contribution in [0.4, 0.5) is 0 Å². The molecule has 3 aromatic rings. The van der Waals surface area contributed by atoms with Gasteiger partial charge in [-0.15, -0.1) is 0 Å². The fraction of sp³-hybridized carbons (Fsp3) is 0.488. The third-order valence-electron chi connectivity index (χ3n) is 9.41. The van der Waals surface area contributed by atoms with E-state index in [4.69, 9.17) is 0 Å². The Morgan fingerprint density at radius 3 is 1.89 bits per heavy atom. The van der Waals surface area contributed by atoms with Crippen LogP contribution >= 0.6 is 0 Å². The first kappa shape index (κ1) is 37.8.